The molecule has 2 N–H and O–H groups in total. The number of oxazole rings is 1. The minimum atomic E-state index is -0.246. The van der Waals surface area contributed by atoms with Crippen LogP contribution < -0.4 is 5.32 Å². The Morgan fingerprint density at radius 2 is 1.69 bits per heavy atom. The molecule has 0 radical (unpaired) electrons. The van der Waals surface area contributed by atoms with Crippen molar-refractivity contribution in [3.63, 3.8) is 0 Å². The Morgan fingerprint density at radius 3 is 2.52 bits per heavy atom. The van der Waals surface area contributed by atoms with Gasteiger partial charge in [0.25, 0.3) is 0 Å². The van der Waals surface area contributed by atoms with Crippen LogP contribution in [0.3, 0.4) is 0 Å². The van der Waals surface area contributed by atoms with Gasteiger partial charge >= 0.3 is 0 Å². The lowest BCUT2D eigenvalue weighted by Gasteiger charge is -2.16. The van der Waals surface area contributed by atoms with Crippen molar-refractivity contribution in [3.8, 4) is 22.6 Å². The van der Waals surface area contributed by atoms with Gasteiger partial charge in [0, 0.05) is 55.1 Å². The average Bonchev–Trinajstić information content (AvgIpc) is 3.84. The molecular formula is C38H36Cl2N6O2. The smallest absolute Gasteiger partial charge is 0.227 e. The Balaban J connectivity index is 1.08. The number of pyridine rings is 2. The second-order valence-corrected chi connectivity index (χ2v) is 13.7. The van der Waals surface area contributed by atoms with Crippen LogP contribution in [-0.4, -0.2) is 62.1 Å². The Bertz CT molecular complexity index is 2140. The third kappa shape index (κ3) is 6.15. The van der Waals surface area contributed by atoms with E-state index < -0.39 is 0 Å². The van der Waals surface area contributed by atoms with Crippen molar-refractivity contribution in [2.75, 3.05) is 31.5 Å². The second-order valence-electron chi connectivity index (χ2n) is 13.0. The van der Waals surface area contributed by atoms with E-state index in [2.05, 4.69) is 45.2 Å². The fourth-order valence-electron chi connectivity index (χ4n) is 7.07. The van der Waals surface area contributed by atoms with Gasteiger partial charge in [0.15, 0.2) is 11.4 Å². The Labute approximate surface area is 289 Å². The van der Waals surface area contributed by atoms with Crippen LogP contribution in [0.2, 0.25) is 10.0 Å². The van der Waals surface area contributed by atoms with E-state index in [1.165, 1.54) is 12.8 Å². The molecule has 1 atom stereocenters. The van der Waals surface area contributed by atoms with Gasteiger partial charge in [-0.05, 0) is 97.9 Å². The third-order valence-electron chi connectivity index (χ3n) is 9.53. The molecule has 0 bridgehead atoms. The van der Waals surface area contributed by atoms with Gasteiger partial charge in [-0.25, -0.2) is 9.97 Å². The van der Waals surface area contributed by atoms with Crippen molar-refractivity contribution in [2.24, 2.45) is 0 Å². The average molecular weight is 680 g/mol. The maximum absolute atomic E-state index is 9.91. The van der Waals surface area contributed by atoms with E-state index in [0.29, 0.717) is 33.9 Å². The van der Waals surface area contributed by atoms with E-state index in [-0.39, 0.29) is 6.10 Å². The fourth-order valence-corrected chi connectivity index (χ4v) is 7.62. The summed E-state index contributed by atoms with van der Waals surface area (Å²) in [6, 6.07) is 20.2. The van der Waals surface area contributed by atoms with Gasteiger partial charge in [-0.3, -0.25) is 14.8 Å². The number of halogens is 2. The second kappa shape index (κ2) is 13.1. The van der Waals surface area contributed by atoms with Crippen molar-refractivity contribution in [2.45, 2.75) is 45.4 Å². The number of hydrogen-bond acceptors (Lipinski definition) is 8. The van der Waals surface area contributed by atoms with Crippen LogP contribution in [-0.2, 0) is 13.1 Å². The summed E-state index contributed by atoms with van der Waals surface area (Å²) >= 11 is 13.8. The molecule has 0 saturated carbocycles. The maximum Gasteiger partial charge on any atom is 0.227 e. The number of aliphatic hydroxyl groups is 1. The molecule has 48 heavy (non-hydrogen) atoms. The molecule has 0 unspecified atom stereocenters. The number of anilines is 2. The molecule has 8 rings (SSSR count). The van der Waals surface area contributed by atoms with Crippen LogP contribution >= 0.6 is 23.2 Å². The number of nitrogens with one attached hydrogen (secondary N) is 1. The van der Waals surface area contributed by atoms with Crippen molar-refractivity contribution in [1.82, 2.24) is 24.8 Å². The number of aliphatic hydroxyl groups excluding tert-OH is 1. The molecule has 2 aliphatic rings. The lowest BCUT2D eigenvalue weighted by molar-refractivity contribution is 0.175. The van der Waals surface area contributed by atoms with E-state index in [0.717, 1.165) is 94.6 Å². The van der Waals surface area contributed by atoms with E-state index in [1.807, 2.05) is 48.7 Å². The van der Waals surface area contributed by atoms with Crippen LogP contribution in [0.15, 0.2) is 77.5 Å². The molecule has 6 aromatic rings. The summed E-state index contributed by atoms with van der Waals surface area (Å²) in [5.74, 6) is 1.16. The molecule has 0 aliphatic carbocycles. The number of benzene rings is 3. The molecular weight excluding hydrogens is 643 g/mol. The molecule has 2 saturated heterocycles. The Kier molecular flexibility index (Phi) is 8.53. The highest BCUT2D eigenvalue weighted by Gasteiger charge is 2.22. The summed E-state index contributed by atoms with van der Waals surface area (Å²) in [6.07, 6.45) is 6.72. The summed E-state index contributed by atoms with van der Waals surface area (Å²) < 4.78 is 6.27. The van der Waals surface area contributed by atoms with E-state index in [9.17, 15) is 5.11 Å². The van der Waals surface area contributed by atoms with Gasteiger partial charge in [0.1, 0.15) is 11.0 Å². The molecule has 0 spiro atoms. The summed E-state index contributed by atoms with van der Waals surface area (Å²) in [6.45, 7) is 7.51. The van der Waals surface area contributed by atoms with E-state index in [4.69, 9.17) is 37.6 Å². The van der Waals surface area contributed by atoms with Gasteiger partial charge in [-0.1, -0.05) is 47.5 Å². The normalized spacial score (nSPS) is 17.2. The number of β-amino-alcohol motifs (C(OH)–C–C–N with tert-alkyl or cyclic N) is 1. The first-order valence-electron chi connectivity index (χ1n) is 16.5. The predicted octanol–water partition coefficient (Wildman–Crippen LogP) is 8.63. The fraction of sp³-hybridized carbons (Fsp3) is 0.289. The zero-order valence-corrected chi connectivity index (χ0v) is 28.2. The van der Waals surface area contributed by atoms with E-state index >= 15 is 0 Å². The van der Waals surface area contributed by atoms with Gasteiger partial charge in [-0.2, -0.15) is 0 Å². The number of hydrogen-bond donors (Lipinski definition) is 2. The highest BCUT2D eigenvalue weighted by atomic mass is 35.5. The number of likely N-dealkylation sites (tertiary alicyclic amines) is 2. The zero-order valence-electron chi connectivity index (χ0n) is 26.7. The molecule has 2 aliphatic heterocycles. The standard InChI is InChI=1S/C38H36Cl2N6O2/c1-23-28(6-4-7-29(23)38-44-33-18-24(17-31(39)36(33)48-38)20-45-13-2-3-14-45)30-8-5-9-32(34(30)40)43-37-35-26(10-12-41-37)16-25(19-42-35)21-46-15-11-27(47)22-46/h4-10,12,16-19,27,47H,2-3,11,13-15,20-22H2,1H3,(H,41,43)/t27-/m0/s1. The third-order valence-corrected chi connectivity index (χ3v) is 10.2. The monoisotopic (exact) mass is 678 g/mol. The van der Waals surface area contributed by atoms with Crippen molar-refractivity contribution in [1.29, 1.82) is 0 Å². The molecule has 2 fully saturated rings. The number of nitrogens with zero attached hydrogens (tertiary/aromatic N) is 5. The van der Waals surface area contributed by atoms with E-state index in [1.54, 1.807) is 6.20 Å². The zero-order chi connectivity index (χ0) is 32.8. The first-order valence-corrected chi connectivity index (χ1v) is 17.3. The first kappa shape index (κ1) is 31.2. The minimum Gasteiger partial charge on any atom is -0.434 e. The van der Waals surface area contributed by atoms with Crippen LogP contribution in [0, 0.1) is 6.92 Å². The van der Waals surface area contributed by atoms with Crippen molar-refractivity contribution in [3.05, 3.63) is 99.8 Å². The molecule has 5 heterocycles. The quantitative estimate of drug-likeness (QED) is 0.165. The summed E-state index contributed by atoms with van der Waals surface area (Å²) in [7, 11) is 0. The SMILES string of the molecule is Cc1c(-c2nc3cc(CN4CCCC4)cc(Cl)c3o2)cccc1-c1cccc(Nc2nccc3cc(CN4CC[C@H](O)C4)cnc23)c1Cl. The highest BCUT2D eigenvalue weighted by Crippen LogP contribution is 2.40. The predicted molar refractivity (Wildman–Crippen MR) is 193 cm³/mol. The van der Waals surface area contributed by atoms with Gasteiger partial charge in [0.05, 0.1) is 21.8 Å². The number of fused-ring (bicyclic) bond motifs is 2. The topological polar surface area (TPSA) is 90.6 Å². The minimum absolute atomic E-state index is 0.246. The largest absolute Gasteiger partial charge is 0.434 e. The number of aromatic nitrogens is 3. The van der Waals surface area contributed by atoms with Crippen LogP contribution in [0.5, 0.6) is 0 Å². The first-order chi connectivity index (χ1) is 23.4. The Morgan fingerprint density at radius 1 is 0.896 bits per heavy atom. The maximum atomic E-state index is 9.91. The molecule has 10 heteroatoms. The number of rotatable bonds is 8. The van der Waals surface area contributed by atoms with Crippen molar-refractivity contribution >= 4 is 56.7 Å². The molecule has 244 valence electrons. The molecule has 0 amide bonds. The summed E-state index contributed by atoms with van der Waals surface area (Å²) in [5.41, 5.74) is 8.85. The lowest BCUT2D eigenvalue weighted by atomic mass is 9.96. The van der Waals surface area contributed by atoms with Crippen LogP contribution in [0.25, 0.3) is 44.6 Å². The molecule has 3 aromatic carbocycles. The van der Waals surface area contributed by atoms with Crippen LogP contribution in [0.4, 0.5) is 11.5 Å². The van der Waals surface area contributed by atoms with Crippen molar-refractivity contribution < 1.29 is 9.52 Å². The van der Waals surface area contributed by atoms with Gasteiger partial charge < -0.3 is 14.8 Å². The highest BCUT2D eigenvalue weighted by molar-refractivity contribution is 6.36. The molecule has 8 nitrogen and oxygen atoms in total. The van der Waals surface area contributed by atoms with Crippen LogP contribution in [0.1, 0.15) is 36.0 Å². The molecule has 3 aromatic heterocycles. The Hall–Kier alpha value is -4.05. The summed E-state index contributed by atoms with van der Waals surface area (Å²) in [5, 5.41) is 15.5. The summed E-state index contributed by atoms with van der Waals surface area (Å²) in [4.78, 5) is 19.0. The van der Waals surface area contributed by atoms with Gasteiger partial charge in [-0.15, -0.1) is 0 Å². The van der Waals surface area contributed by atoms with Gasteiger partial charge in [0.2, 0.25) is 5.89 Å². The lowest BCUT2D eigenvalue weighted by Crippen LogP contribution is -2.21.